The summed E-state index contributed by atoms with van der Waals surface area (Å²) in [6, 6.07) is 28.7. The summed E-state index contributed by atoms with van der Waals surface area (Å²) in [5, 5.41) is 10.1. The van der Waals surface area contributed by atoms with Crippen LogP contribution >= 0.6 is 11.6 Å². The maximum atomic E-state index is 13.4. The van der Waals surface area contributed by atoms with Crippen molar-refractivity contribution >= 4 is 28.3 Å². The minimum absolute atomic E-state index is 0.0687. The topological polar surface area (TPSA) is 62.8 Å². The zero-order valence-corrected chi connectivity index (χ0v) is 22.5. The number of carbonyl (C=O) groups is 1. The standard InChI is InChI=1S/C32H32ClN3O3/c33-26-11-8-23(9-12-26)19-36-20-27(35-18-25-6-3-5-24-4-1-2-7-28(24)25)17-29(36)32(37)34-15-14-22-10-13-30-31(16-22)39-21-38-30/h1-13,16,27,29,35H,14-15,17-21H2,(H,34,37)/t27-,29-/m0/s1. The Labute approximate surface area is 233 Å². The molecule has 1 amide bonds. The summed E-state index contributed by atoms with van der Waals surface area (Å²) in [5.41, 5.74) is 3.53. The van der Waals surface area contributed by atoms with Crippen molar-refractivity contribution in [1.29, 1.82) is 0 Å². The third kappa shape index (κ3) is 6.04. The second-order valence-electron chi connectivity index (χ2n) is 10.3. The molecule has 7 heteroatoms. The average Bonchev–Trinajstić information content (AvgIpc) is 3.60. The van der Waals surface area contributed by atoms with Crippen molar-refractivity contribution in [1.82, 2.24) is 15.5 Å². The van der Waals surface area contributed by atoms with E-state index in [4.69, 9.17) is 21.1 Å². The first-order valence-electron chi connectivity index (χ1n) is 13.5. The summed E-state index contributed by atoms with van der Waals surface area (Å²) in [6.45, 7) is 3.09. The molecule has 200 valence electrons. The summed E-state index contributed by atoms with van der Waals surface area (Å²) in [7, 11) is 0. The van der Waals surface area contributed by atoms with E-state index in [-0.39, 0.29) is 24.8 Å². The highest BCUT2D eigenvalue weighted by Gasteiger charge is 2.36. The molecule has 0 radical (unpaired) electrons. The Hall–Kier alpha value is -3.58. The molecule has 0 aromatic heterocycles. The van der Waals surface area contributed by atoms with E-state index < -0.39 is 0 Å². The fraction of sp³-hybridized carbons (Fsp3) is 0.281. The van der Waals surface area contributed by atoms with Crippen LogP contribution in [-0.2, 0) is 24.3 Å². The Morgan fingerprint density at radius 2 is 1.72 bits per heavy atom. The van der Waals surface area contributed by atoms with Crippen molar-refractivity contribution in [3.8, 4) is 11.5 Å². The van der Waals surface area contributed by atoms with Gasteiger partial charge in [0.15, 0.2) is 11.5 Å². The lowest BCUT2D eigenvalue weighted by atomic mass is 10.0. The third-order valence-corrected chi connectivity index (χ3v) is 7.87. The lowest BCUT2D eigenvalue weighted by Crippen LogP contribution is -2.43. The largest absolute Gasteiger partial charge is 0.454 e. The maximum Gasteiger partial charge on any atom is 0.237 e. The lowest BCUT2D eigenvalue weighted by Gasteiger charge is -2.23. The highest BCUT2D eigenvalue weighted by Crippen LogP contribution is 2.32. The quantitative estimate of drug-likeness (QED) is 0.300. The number of benzene rings is 4. The van der Waals surface area contributed by atoms with Crippen LogP contribution in [0.5, 0.6) is 11.5 Å². The van der Waals surface area contributed by atoms with Gasteiger partial charge in [-0.25, -0.2) is 0 Å². The Morgan fingerprint density at radius 3 is 2.62 bits per heavy atom. The summed E-state index contributed by atoms with van der Waals surface area (Å²) >= 11 is 6.11. The molecule has 0 aliphatic carbocycles. The molecule has 0 saturated carbocycles. The van der Waals surface area contributed by atoms with E-state index >= 15 is 0 Å². The fourth-order valence-electron chi connectivity index (χ4n) is 5.57. The van der Waals surface area contributed by atoms with Crippen LogP contribution in [-0.4, -0.2) is 42.8 Å². The summed E-state index contributed by atoms with van der Waals surface area (Å²) in [4.78, 5) is 15.7. The molecular weight excluding hydrogens is 510 g/mol. The van der Waals surface area contributed by atoms with Crippen LogP contribution in [0.2, 0.25) is 5.02 Å². The summed E-state index contributed by atoms with van der Waals surface area (Å²) in [6.07, 6.45) is 1.49. The number of rotatable bonds is 9. The molecule has 1 fully saturated rings. The first-order chi connectivity index (χ1) is 19.1. The van der Waals surface area contributed by atoms with Gasteiger partial charge in [0.05, 0.1) is 6.04 Å². The molecular formula is C32H32ClN3O3. The normalized spacial score (nSPS) is 18.5. The first-order valence-corrected chi connectivity index (χ1v) is 13.8. The molecule has 2 N–H and O–H groups in total. The summed E-state index contributed by atoms with van der Waals surface area (Å²) < 4.78 is 10.9. The molecule has 39 heavy (non-hydrogen) atoms. The van der Waals surface area contributed by atoms with E-state index in [1.54, 1.807) is 0 Å². The molecule has 0 spiro atoms. The smallest absolute Gasteiger partial charge is 0.237 e. The Kier molecular flexibility index (Phi) is 7.68. The lowest BCUT2D eigenvalue weighted by molar-refractivity contribution is -0.125. The van der Waals surface area contributed by atoms with Crippen molar-refractivity contribution < 1.29 is 14.3 Å². The molecule has 2 heterocycles. The van der Waals surface area contributed by atoms with Crippen LogP contribution in [0.3, 0.4) is 0 Å². The molecule has 2 atom stereocenters. The van der Waals surface area contributed by atoms with Crippen LogP contribution in [0.15, 0.2) is 84.9 Å². The minimum Gasteiger partial charge on any atom is -0.454 e. The van der Waals surface area contributed by atoms with Crippen molar-refractivity contribution in [3.05, 3.63) is 107 Å². The number of hydrogen-bond donors (Lipinski definition) is 2. The number of halogens is 1. The molecule has 6 rings (SSSR count). The Balaban J connectivity index is 1.11. The van der Waals surface area contributed by atoms with Gasteiger partial charge in [0.25, 0.3) is 0 Å². The van der Waals surface area contributed by atoms with Crippen molar-refractivity contribution in [2.24, 2.45) is 0 Å². The number of ether oxygens (including phenoxy) is 2. The fourth-order valence-corrected chi connectivity index (χ4v) is 5.69. The van der Waals surface area contributed by atoms with Crippen molar-refractivity contribution in [3.63, 3.8) is 0 Å². The van der Waals surface area contributed by atoms with Crippen molar-refractivity contribution in [2.45, 2.75) is 38.0 Å². The van der Waals surface area contributed by atoms with Gasteiger partial charge >= 0.3 is 0 Å². The van der Waals surface area contributed by atoms with Gasteiger partial charge in [-0.1, -0.05) is 72.3 Å². The first kappa shape index (κ1) is 25.7. The van der Waals surface area contributed by atoms with Crippen LogP contribution in [0.1, 0.15) is 23.1 Å². The van der Waals surface area contributed by atoms with Crippen LogP contribution in [0, 0.1) is 0 Å². The van der Waals surface area contributed by atoms with E-state index in [0.717, 1.165) is 48.6 Å². The molecule has 4 aromatic carbocycles. The van der Waals surface area contributed by atoms with E-state index in [1.165, 1.54) is 16.3 Å². The number of likely N-dealkylation sites (tertiary alicyclic amines) is 1. The van der Waals surface area contributed by atoms with Gasteiger partial charge in [0.2, 0.25) is 12.7 Å². The van der Waals surface area contributed by atoms with Gasteiger partial charge in [0.1, 0.15) is 0 Å². The summed E-state index contributed by atoms with van der Waals surface area (Å²) in [5.74, 6) is 1.61. The molecule has 1 saturated heterocycles. The van der Waals surface area contributed by atoms with Gasteiger partial charge < -0.3 is 20.1 Å². The third-order valence-electron chi connectivity index (χ3n) is 7.62. The highest BCUT2D eigenvalue weighted by molar-refractivity contribution is 6.30. The van der Waals surface area contributed by atoms with Crippen LogP contribution in [0.25, 0.3) is 10.8 Å². The predicted octanol–water partition coefficient (Wildman–Crippen LogP) is 5.31. The second kappa shape index (κ2) is 11.7. The van der Waals surface area contributed by atoms with E-state index in [1.807, 2.05) is 42.5 Å². The van der Waals surface area contributed by atoms with Crippen LogP contribution in [0.4, 0.5) is 0 Å². The molecule has 2 aliphatic rings. The van der Waals surface area contributed by atoms with Gasteiger partial charge in [-0.2, -0.15) is 0 Å². The number of carbonyl (C=O) groups excluding carboxylic acids is 1. The highest BCUT2D eigenvalue weighted by atomic mass is 35.5. The SMILES string of the molecule is O=C(NCCc1ccc2c(c1)OCO2)[C@@H]1C[C@H](NCc2cccc3ccccc23)CN1Cc1ccc(Cl)cc1. The predicted molar refractivity (Wildman–Crippen MR) is 154 cm³/mol. The number of hydrogen-bond acceptors (Lipinski definition) is 5. The van der Waals surface area contributed by atoms with Gasteiger partial charge in [0, 0.05) is 37.2 Å². The minimum atomic E-state index is -0.206. The average molecular weight is 542 g/mol. The molecule has 0 unspecified atom stereocenters. The Bertz CT molecular complexity index is 1450. The van der Waals surface area contributed by atoms with E-state index in [9.17, 15) is 4.79 Å². The molecule has 6 nitrogen and oxygen atoms in total. The van der Waals surface area contributed by atoms with Gasteiger partial charge in [-0.3, -0.25) is 9.69 Å². The molecule has 2 aliphatic heterocycles. The molecule has 0 bridgehead atoms. The van der Waals surface area contributed by atoms with Crippen molar-refractivity contribution in [2.75, 3.05) is 19.9 Å². The zero-order chi connectivity index (χ0) is 26.6. The van der Waals surface area contributed by atoms with Gasteiger partial charge in [-0.15, -0.1) is 0 Å². The van der Waals surface area contributed by atoms with Crippen LogP contribution < -0.4 is 20.1 Å². The van der Waals surface area contributed by atoms with E-state index in [0.29, 0.717) is 18.1 Å². The number of amides is 1. The van der Waals surface area contributed by atoms with Gasteiger partial charge in [-0.05, 0) is 64.6 Å². The zero-order valence-electron chi connectivity index (χ0n) is 21.7. The monoisotopic (exact) mass is 541 g/mol. The number of nitrogens with one attached hydrogen (secondary N) is 2. The second-order valence-corrected chi connectivity index (χ2v) is 10.7. The van der Waals surface area contributed by atoms with E-state index in [2.05, 4.69) is 58.0 Å². The maximum absolute atomic E-state index is 13.4. The number of fused-ring (bicyclic) bond motifs is 2. The molecule has 4 aromatic rings. The number of nitrogens with zero attached hydrogens (tertiary/aromatic N) is 1. The Morgan fingerprint density at radius 1 is 0.923 bits per heavy atom.